The quantitative estimate of drug-likeness (QED) is 0.390. The zero-order chi connectivity index (χ0) is 17.5. The lowest BCUT2D eigenvalue weighted by Crippen LogP contribution is -3.15. The Hall–Kier alpha value is -1.38. The molecule has 0 radical (unpaired) electrons. The number of nitrogens with zero attached hydrogens (tertiary/aromatic N) is 1. The molecule has 1 saturated heterocycles. The monoisotopic (exact) mass is 356 g/mol. The molecule has 2 atom stereocenters. The number of aromatic amines is 1. The maximum Gasteiger partial charge on any atom is 0.311 e. The number of thioether (sulfide) groups is 1. The summed E-state index contributed by atoms with van der Waals surface area (Å²) < 4.78 is 10.4. The highest BCUT2D eigenvalue weighted by atomic mass is 32.2. The summed E-state index contributed by atoms with van der Waals surface area (Å²) in [7, 11) is 1.32. The van der Waals surface area contributed by atoms with Gasteiger partial charge < -0.3 is 19.4 Å². The number of hydrogen-bond acceptors (Lipinski definition) is 6. The van der Waals surface area contributed by atoms with Gasteiger partial charge in [-0.25, -0.2) is 4.98 Å². The molecule has 2 N–H and O–H groups in total. The molecular weight excluding hydrogens is 330 g/mol. The standard InChI is InChI=1S/C16H25N3O4S/c1-11(2)8-19-4-5-23-13(9-19)10-24-16-17-12(6-14(20)18-16)7-15(21)22-3/h6,11,13H,4-5,7-10H2,1-3H3,(H,17,18,20)/p+1/t13-/m1/s1. The summed E-state index contributed by atoms with van der Waals surface area (Å²) in [6.45, 7) is 8.38. The summed E-state index contributed by atoms with van der Waals surface area (Å²) in [5.74, 6) is 0.985. The molecule has 1 fully saturated rings. The first-order chi connectivity index (χ1) is 11.5. The van der Waals surface area contributed by atoms with Crippen LogP contribution >= 0.6 is 11.8 Å². The average Bonchev–Trinajstić information content (AvgIpc) is 2.52. The second kappa shape index (κ2) is 9.19. The van der Waals surface area contributed by atoms with Gasteiger partial charge in [-0.1, -0.05) is 25.6 Å². The van der Waals surface area contributed by atoms with Gasteiger partial charge in [-0.15, -0.1) is 0 Å². The molecule has 7 nitrogen and oxygen atoms in total. The highest BCUT2D eigenvalue weighted by Gasteiger charge is 2.24. The smallest absolute Gasteiger partial charge is 0.311 e. The Bertz CT molecular complexity index is 605. The van der Waals surface area contributed by atoms with Crippen molar-refractivity contribution in [1.29, 1.82) is 0 Å². The number of ether oxygens (including phenoxy) is 2. The van der Waals surface area contributed by atoms with E-state index in [4.69, 9.17) is 4.74 Å². The Balaban J connectivity index is 1.91. The van der Waals surface area contributed by atoms with Gasteiger partial charge in [0, 0.05) is 17.7 Å². The Labute approximate surface area is 146 Å². The molecule has 0 aliphatic carbocycles. The summed E-state index contributed by atoms with van der Waals surface area (Å²) >= 11 is 1.45. The molecule has 24 heavy (non-hydrogen) atoms. The number of quaternary nitrogens is 1. The van der Waals surface area contributed by atoms with Crippen LogP contribution in [0.25, 0.3) is 0 Å². The molecule has 1 aromatic rings. The average molecular weight is 356 g/mol. The zero-order valence-electron chi connectivity index (χ0n) is 14.5. The fourth-order valence-corrected chi connectivity index (χ4v) is 3.67. The van der Waals surface area contributed by atoms with Crippen LogP contribution in [-0.4, -0.2) is 61.1 Å². The lowest BCUT2D eigenvalue weighted by atomic mass is 10.2. The molecule has 0 saturated carbocycles. The predicted octanol–water partition coefficient (Wildman–Crippen LogP) is -0.483. The number of nitrogens with one attached hydrogen (secondary N) is 2. The second-order valence-corrected chi connectivity index (χ2v) is 7.41. The van der Waals surface area contributed by atoms with Crippen LogP contribution in [0.1, 0.15) is 19.5 Å². The minimum absolute atomic E-state index is 0.000221. The van der Waals surface area contributed by atoms with E-state index in [1.807, 2.05) is 0 Å². The van der Waals surface area contributed by atoms with Crippen LogP contribution in [0.4, 0.5) is 0 Å². The van der Waals surface area contributed by atoms with E-state index in [1.165, 1.54) is 24.9 Å². The van der Waals surface area contributed by atoms with Crippen molar-refractivity contribution in [2.24, 2.45) is 5.92 Å². The third kappa shape index (κ3) is 6.26. The van der Waals surface area contributed by atoms with E-state index >= 15 is 0 Å². The molecular formula is C16H26N3O4S+. The third-order valence-electron chi connectivity index (χ3n) is 3.75. The van der Waals surface area contributed by atoms with Gasteiger partial charge in [-0.2, -0.15) is 0 Å². The van der Waals surface area contributed by atoms with E-state index in [-0.39, 0.29) is 18.1 Å². The number of H-pyrrole nitrogens is 1. The summed E-state index contributed by atoms with van der Waals surface area (Å²) in [6.07, 6.45) is 0.146. The third-order valence-corrected chi connectivity index (χ3v) is 4.76. The highest BCUT2D eigenvalue weighted by molar-refractivity contribution is 7.99. The van der Waals surface area contributed by atoms with Gasteiger partial charge in [0.05, 0.1) is 32.4 Å². The summed E-state index contributed by atoms with van der Waals surface area (Å²) in [6, 6.07) is 1.33. The van der Waals surface area contributed by atoms with Crippen LogP contribution in [0.3, 0.4) is 0 Å². The molecule has 134 valence electrons. The molecule has 1 unspecified atom stereocenters. The Morgan fingerprint density at radius 2 is 2.38 bits per heavy atom. The van der Waals surface area contributed by atoms with Crippen molar-refractivity contribution in [1.82, 2.24) is 9.97 Å². The van der Waals surface area contributed by atoms with Crippen molar-refractivity contribution < 1.29 is 19.2 Å². The Kier molecular flexibility index (Phi) is 7.26. The number of aromatic nitrogens is 2. The largest absolute Gasteiger partial charge is 0.469 e. The normalized spacial score (nSPS) is 21.0. The molecule has 1 aliphatic heterocycles. The van der Waals surface area contributed by atoms with Crippen molar-refractivity contribution in [3.63, 3.8) is 0 Å². The lowest BCUT2D eigenvalue weighted by Gasteiger charge is -2.30. The van der Waals surface area contributed by atoms with E-state index in [9.17, 15) is 9.59 Å². The van der Waals surface area contributed by atoms with Gasteiger partial charge in [0.1, 0.15) is 19.2 Å². The van der Waals surface area contributed by atoms with E-state index in [2.05, 4.69) is 28.6 Å². The molecule has 2 heterocycles. The van der Waals surface area contributed by atoms with E-state index in [0.717, 1.165) is 32.0 Å². The lowest BCUT2D eigenvalue weighted by molar-refractivity contribution is -0.914. The van der Waals surface area contributed by atoms with Gasteiger partial charge in [-0.3, -0.25) is 9.59 Å². The first kappa shape index (κ1) is 19.0. The summed E-state index contributed by atoms with van der Waals surface area (Å²) in [5, 5.41) is 0.515. The van der Waals surface area contributed by atoms with Crippen LogP contribution < -0.4 is 10.5 Å². The number of carbonyl (C=O) groups excluding carboxylic acids is 1. The van der Waals surface area contributed by atoms with Crippen LogP contribution in [0.5, 0.6) is 0 Å². The SMILES string of the molecule is COC(=O)Cc1cc(=O)[nH]c(SC[C@H]2C[NH+](CC(C)C)CCO2)n1. The minimum Gasteiger partial charge on any atom is -0.469 e. The molecule has 0 bridgehead atoms. The first-order valence-electron chi connectivity index (χ1n) is 8.21. The van der Waals surface area contributed by atoms with Crippen LogP contribution in [0.15, 0.2) is 16.0 Å². The van der Waals surface area contributed by atoms with Gasteiger partial charge in [0.2, 0.25) is 0 Å². The number of rotatable bonds is 7. The number of hydrogen-bond donors (Lipinski definition) is 2. The Morgan fingerprint density at radius 3 is 3.08 bits per heavy atom. The Morgan fingerprint density at radius 1 is 1.58 bits per heavy atom. The molecule has 1 aromatic heterocycles. The molecule has 8 heteroatoms. The van der Waals surface area contributed by atoms with Crippen LogP contribution in [0, 0.1) is 5.92 Å². The van der Waals surface area contributed by atoms with Gasteiger partial charge in [0.15, 0.2) is 5.16 Å². The van der Waals surface area contributed by atoms with Crippen molar-refractivity contribution in [3.05, 3.63) is 22.1 Å². The fraction of sp³-hybridized carbons (Fsp3) is 0.688. The molecule has 0 spiro atoms. The molecule has 0 aromatic carbocycles. The second-order valence-electron chi connectivity index (χ2n) is 6.40. The maximum atomic E-state index is 11.7. The van der Waals surface area contributed by atoms with Gasteiger partial charge in [-0.05, 0) is 0 Å². The zero-order valence-corrected chi connectivity index (χ0v) is 15.3. The topological polar surface area (TPSA) is 85.7 Å². The number of esters is 1. The van der Waals surface area contributed by atoms with Crippen molar-refractivity contribution in [2.75, 3.05) is 39.1 Å². The summed E-state index contributed by atoms with van der Waals surface area (Å²) in [5.41, 5.74) is 0.160. The minimum atomic E-state index is -0.410. The molecule has 1 aliphatic rings. The van der Waals surface area contributed by atoms with Gasteiger partial charge >= 0.3 is 5.97 Å². The molecule has 0 amide bonds. The van der Waals surface area contributed by atoms with E-state index in [0.29, 0.717) is 16.8 Å². The number of carbonyl (C=O) groups is 1. The van der Waals surface area contributed by atoms with E-state index < -0.39 is 5.97 Å². The number of methoxy groups -OCH3 is 1. The van der Waals surface area contributed by atoms with Crippen molar-refractivity contribution >= 4 is 17.7 Å². The predicted molar refractivity (Wildman–Crippen MR) is 91.4 cm³/mol. The maximum absolute atomic E-state index is 11.7. The van der Waals surface area contributed by atoms with Gasteiger partial charge in [0.25, 0.3) is 5.56 Å². The first-order valence-corrected chi connectivity index (χ1v) is 9.20. The van der Waals surface area contributed by atoms with Crippen molar-refractivity contribution in [2.45, 2.75) is 31.5 Å². The molecule has 2 rings (SSSR count). The summed E-state index contributed by atoms with van der Waals surface area (Å²) in [4.78, 5) is 31.6. The highest BCUT2D eigenvalue weighted by Crippen LogP contribution is 2.14. The number of morpholine rings is 1. The van der Waals surface area contributed by atoms with Crippen LogP contribution in [0.2, 0.25) is 0 Å². The van der Waals surface area contributed by atoms with E-state index in [1.54, 1.807) is 4.90 Å². The van der Waals surface area contributed by atoms with Crippen LogP contribution in [-0.2, 0) is 20.7 Å². The van der Waals surface area contributed by atoms with Crippen molar-refractivity contribution in [3.8, 4) is 0 Å². The fourth-order valence-electron chi connectivity index (χ4n) is 2.76.